The molecule has 3 amide bonds. The number of para-hydroxylation sites is 1. The summed E-state index contributed by atoms with van der Waals surface area (Å²) in [5.41, 5.74) is 2.10. The first kappa shape index (κ1) is 21.8. The minimum Gasteiger partial charge on any atom is -0.380 e. The van der Waals surface area contributed by atoms with Crippen molar-refractivity contribution in [3.05, 3.63) is 90.3 Å². The number of benzene rings is 2. The summed E-state index contributed by atoms with van der Waals surface area (Å²) >= 11 is 0. The van der Waals surface area contributed by atoms with Gasteiger partial charge in [0.05, 0.1) is 5.56 Å². The lowest BCUT2D eigenvalue weighted by Crippen LogP contribution is -2.27. The Labute approximate surface area is 191 Å². The predicted molar refractivity (Wildman–Crippen MR) is 130 cm³/mol. The van der Waals surface area contributed by atoms with Gasteiger partial charge in [0.15, 0.2) is 0 Å². The lowest BCUT2D eigenvalue weighted by Gasteiger charge is -2.14. The third-order valence-electron chi connectivity index (χ3n) is 4.99. The Morgan fingerprint density at radius 3 is 2.39 bits per heavy atom. The van der Waals surface area contributed by atoms with Crippen LogP contribution in [0.5, 0.6) is 0 Å². The summed E-state index contributed by atoms with van der Waals surface area (Å²) in [6.45, 7) is 0.450. The van der Waals surface area contributed by atoms with E-state index in [9.17, 15) is 9.59 Å². The molecule has 0 aliphatic heterocycles. The highest BCUT2D eigenvalue weighted by molar-refractivity contribution is 6.08. The molecule has 2 heterocycles. The van der Waals surface area contributed by atoms with Crippen molar-refractivity contribution >= 4 is 40.0 Å². The fourth-order valence-electron chi connectivity index (χ4n) is 3.24. The van der Waals surface area contributed by atoms with Crippen molar-refractivity contribution in [3.8, 4) is 0 Å². The Morgan fingerprint density at radius 1 is 0.848 bits per heavy atom. The number of nitrogens with one attached hydrogen (secondary N) is 3. The molecule has 2 aromatic carbocycles. The third kappa shape index (κ3) is 5.43. The summed E-state index contributed by atoms with van der Waals surface area (Å²) in [6.07, 6.45) is 3.37. The van der Waals surface area contributed by atoms with Crippen LogP contribution in [0.3, 0.4) is 0 Å². The molecule has 4 aromatic rings. The van der Waals surface area contributed by atoms with Crippen LogP contribution < -0.4 is 16.0 Å². The second kappa shape index (κ2) is 9.78. The number of nitrogens with zero attached hydrogens (tertiary/aromatic N) is 3. The highest BCUT2D eigenvalue weighted by Gasteiger charge is 2.12. The van der Waals surface area contributed by atoms with Crippen molar-refractivity contribution in [3.63, 3.8) is 0 Å². The number of hydrogen-bond acceptors (Lipinski definition) is 5. The zero-order valence-corrected chi connectivity index (χ0v) is 18.4. The number of fused-ring (bicyclic) bond motifs is 1. The lowest BCUT2D eigenvalue weighted by atomic mass is 10.1. The van der Waals surface area contributed by atoms with Crippen molar-refractivity contribution in [2.45, 2.75) is 6.54 Å². The van der Waals surface area contributed by atoms with Gasteiger partial charge in [-0.3, -0.25) is 10.1 Å². The molecule has 0 saturated carbocycles. The van der Waals surface area contributed by atoms with Crippen molar-refractivity contribution in [2.75, 3.05) is 30.0 Å². The van der Waals surface area contributed by atoms with E-state index in [1.807, 2.05) is 54.6 Å². The molecule has 4 rings (SSSR count). The predicted octanol–water partition coefficient (Wildman–Crippen LogP) is 4.59. The van der Waals surface area contributed by atoms with Crippen LogP contribution in [0.4, 0.5) is 22.1 Å². The number of rotatable bonds is 6. The van der Waals surface area contributed by atoms with E-state index in [-0.39, 0.29) is 11.9 Å². The van der Waals surface area contributed by atoms with Gasteiger partial charge in [-0.15, -0.1) is 0 Å². The summed E-state index contributed by atoms with van der Waals surface area (Å²) < 4.78 is 0. The summed E-state index contributed by atoms with van der Waals surface area (Å²) in [7, 11) is 3.33. The molecule has 33 heavy (non-hydrogen) atoms. The van der Waals surface area contributed by atoms with Gasteiger partial charge in [-0.1, -0.05) is 36.4 Å². The van der Waals surface area contributed by atoms with Crippen LogP contribution >= 0.6 is 0 Å². The summed E-state index contributed by atoms with van der Waals surface area (Å²) in [5, 5.41) is 10.9. The summed E-state index contributed by atoms with van der Waals surface area (Å²) in [5.74, 6) is 0.694. The summed E-state index contributed by atoms with van der Waals surface area (Å²) in [4.78, 5) is 34.8. The van der Waals surface area contributed by atoms with Gasteiger partial charge in [0, 0.05) is 44.1 Å². The van der Waals surface area contributed by atoms with E-state index in [0.29, 0.717) is 29.4 Å². The summed E-state index contributed by atoms with van der Waals surface area (Å²) in [6, 6.07) is 20.4. The molecule has 0 bridgehead atoms. The number of hydrogen-bond donors (Lipinski definition) is 3. The molecule has 0 saturated heterocycles. The zero-order valence-electron chi connectivity index (χ0n) is 18.4. The number of urea groups is 1. The van der Waals surface area contributed by atoms with Gasteiger partial charge in [0.2, 0.25) is 0 Å². The molecule has 8 nitrogen and oxygen atoms in total. The van der Waals surface area contributed by atoms with Gasteiger partial charge in [-0.2, -0.15) is 0 Å². The Morgan fingerprint density at radius 2 is 1.58 bits per heavy atom. The molecule has 8 heteroatoms. The third-order valence-corrected chi connectivity index (χ3v) is 4.99. The second-order valence-electron chi connectivity index (χ2n) is 7.64. The Hall–Kier alpha value is -4.46. The van der Waals surface area contributed by atoms with E-state index in [0.717, 1.165) is 16.3 Å². The highest BCUT2D eigenvalue weighted by atomic mass is 16.2. The standard InChI is InChI=1S/C25H24N6O2/c1-31(2)25(33)30-22-13-17(11-12-26-22)15-27-21-10-6-5-9-20(21)24(32)29-23-14-18-7-3-4-8-19(18)16-28-23/h3-14,16,27H,15H2,1-2H3,(H,26,30,33)(H,28,29,32). The van der Waals surface area contributed by atoms with Crippen LogP contribution in [0.15, 0.2) is 79.1 Å². The van der Waals surface area contributed by atoms with Crippen LogP contribution in [0.2, 0.25) is 0 Å². The first-order chi connectivity index (χ1) is 16.0. The van der Waals surface area contributed by atoms with Crippen molar-refractivity contribution in [2.24, 2.45) is 0 Å². The maximum absolute atomic E-state index is 13.0. The van der Waals surface area contributed by atoms with E-state index < -0.39 is 0 Å². The molecule has 166 valence electrons. The Bertz CT molecular complexity index is 1300. The van der Waals surface area contributed by atoms with Crippen LogP contribution in [0, 0.1) is 0 Å². The topological polar surface area (TPSA) is 99.2 Å². The molecule has 0 atom stereocenters. The molecule has 3 N–H and O–H groups in total. The fraction of sp³-hybridized carbons (Fsp3) is 0.120. The normalized spacial score (nSPS) is 10.5. The smallest absolute Gasteiger partial charge is 0.322 e. The van der Waals surface area contributed by atoms with Gasteiger partial charge < -0.3 is 15.5 Å². The lowest BCUT2D eigenvalue weighted by molar-refractivity contribution is 0.102. The van der Waals surface area contributed by atoms with Crippen LogP contribution in [0.1, 0.15) is 15.9 Å². The minimum atomic E-state index is -0.255. The SMILES string of the molecule is CN(C)C(=O)Nc1cc(CNc2ccccc2C(=O)Nc2cc3ccccc3cn2)ccn1. The quantitative estimate of drug-likeness (QED) is 0.407. The molecule has 0 aliphatic rings. The Balaban J connectivity index is 1.46. The van der Waals surface area contributed by atoms with E-state index in [4.69, 9.17) is 0 Å². The zero-order chi connectivity index (χ0) is 23.2. The monoisotopic (exact) mass is 440 g/mol. The molecule has 0 fully saturated rings. The molecule has 0 spiro atoms. The largest absolute Gasteiger partial charge is 0.380 e. The van der Waals surface area contributed by atoms with E-state index in [2.05, 4.69) is 25.9 Å². The van der Waals surface area contributed by atoms with Gasteiger partial charge >= 0.3 is 6.03 Å². The van der Waals surface area contributed by atoms with Gasteiger partial charge in [0.1, 0.15) is 11.6 Å². The molecular weight excluding hydrogens is 416 g/mol. The molecule has 0 radical (unpaired) electrons. The average Bonchev–Trinajstić information content (AvgIpc) is 2.83. The number of carbonyl (C=O) groups excluding carboxylic acids is 2. The van der Waals surface area contributed by atoms with E-state index in [1.165, 1.54) is 4.90 Å². The highest BCUT2D eigenvalue weighted by Crippen LogP contribution is 2.20. The van der Waals surface area contributed by atoms with Crippen LogP contribution in [-0.4, -0.2) is 40.9 Å². The average molecular weight is 441 g/mol. The number of amides is 3. The fourth-order valence-corrected chi connectivity index (χ4v) is 3.24. The van der Waals surface area contributed by atoms with E-state index >= 15 is 0 Å². The van der Waals surface area contributed by atoms with Gasteiger partial charge in [-0.25, -0.2) is 14.8 Å². The molecule has 0 unspecified atom stereocenters. The minimum absolute atomic E-state index is 0.253. The first-order valence-electron chi connectivity index (χ1n) is 10.4. The molecule has 2 aromatic heterocycles. The maximum atomic E-state index is 13.0. The first-order valence-corrected chi connectivity index (χ1v) is 10.4. The number of aromatic nitrogens is 2. The maximum Gasteiger partial charge on any atom is 0.322 e. The van der Waals surface area contributed by atoms with Crippen molar-refractivity contribution in [1.82, 2.24) is 14.9 Å². The van der Waals surface area contributed by atoms with Gasteiger partial charge in [-0.05, 0) is 41.3 Å². The van der Waals surface area contributed by atoms with Crippen molar-refractivity contribution < 1.29 is 9.59 Å². The van der Waals surface area contributed by atoms with Crippen LogP contribution in [-0.2, 0) is 6.54 Å². The number of pyridine rings is 2. The molecular formula is C25H24N6O2. The van der Waals surface area contributed by atoms with Gasteiger partial charge in [0.25, 0.3) is 5.91 Å². The van der Waals surface area contributed by atoms with Crippen LogP contribution in [0.25, 0.3) is 10.8 Å². The van der Waals surface area contributed by atoms with E-state index in [1.54, 1.807) is 38.6 Å². The van der Waals surface area contributed by atoms with Crippen molar-refractivity contribution in [1.29, 1.82) is 0 Å². The second-order valence-corrected chi connectivity index (χ2v) is 7.64. The number of anilines is 3. The Kier molecular flexibility index (Phi) is 6.45. The number of carbonyl (C=O) groups is 2. The molecule has 0 aliphatic carbocycles.